The quantitative estimate of drug-likeness (QED) is 0.615. The van der Waals surface area contributed by atoms with E-state index in [2.05, 4.69) is 19.2 Å². The Morgan fingerprint density at radius 2 is 2.36 bits per heavy atom. The molecule has 0 amide bonds. The molecule has 0 saturated carbocycles. The van der Waals surface area contributed by atoms with Crippen LogP contribution in [-0.4, -0.2) is 35.6 Å². The second kappa shape index (κ2) is 3.62. The maximum atomic E-state index is 6.18. The molecular weight excluding hydrogens is 169 g/mol. The predicted octanol–water partition coefficient (Wildman–Crippen LogP) is 0.939. The van der Waals surface area contributed by atoms with Crippen molar-refractivity contribution in [3.8, 4) is 0 Å². The van der Waals surface area contributed by atoms with Crippen LogP contribution in [0.3, 0.4) is 0 Å². The zero-order valence-corrected chi connectivity index (χ0v) is 9.31. The van der Waals surface area contributed by atoms with Crippen molar-refractivity contribution in [2.45, 2.75) is 29.9 Å². The summed E-state index contributed by atoms with van der Waals surface area (Å²) in [5.74, 6) is 2.07. The van der Waals surface area contributed by atoms with Gasteiger partial charge < -0.3 is 0 Å². The van der Waals surface area contributed by atoms with Gasteiger partial charge in [-0.3, -0.25) is 0 Å². The molecule has 3 heteroatoms. The van der Waals surface area contributed by atoms with Gasteiger partial charge in [-0.25, -0.2) is 0 Å². The van der Waals surface area contributed by atoms with E-state index in [9.17, 15) is 0 Å². The van der Waals surface area contributed by atoms with Gasteiger partial charge in [0.2, 0.25) is 0 Å². The van der Waals surface area contributed by atoms with Gasteiger partial charge in [0.25, 0.3) is 0 Å². The third-order valence-electron chi connectivity index (χ3n) is 2.21. The Labute approximate surface area is 79.4 Å². The van der Waals surface area contributed by atoms with Gasteiger partial charge in [-0.1, -0.05) is 0 Å². The number of hydrogen-bond acceptors (Lipinski definition) is 2. The van der Waals surface area contributed by atoms with Crippen LogP contribution >= 0.6 is 11.8 Å². The van der Waals surface area contributed by atoms with Gasteiger partial charge in [-0.05, 0) is 0 Å². The second-order valence-corrected chi connectivity index (χ2v) is 6.60. The molecule has 1 heterocycles. The van der Waals surface area contributed by atoms with Crippen molar-refractivity contribution in [2.24, 2.45) is 11.7 Å². The normalized spacial score (nSPS) is 45.0. The first kappa shape index (κ1) is 9.80. The van der Waals surface area contributed by atoms with Crippen molar-refractivity contribution < 1.29 is 0 Å². The molecule has 0 aromatic heterocycles. The SMILES string of the molecule is [CH2]=[Al][C@@H]1SCC(C)C[C@]1(C)N. The fourth-order valence-corrected chi connectivity index (χ4v) is 4.40. The third kappa shape index (κ3) is 2.32. The van der Waals surface area contributed by atoms with E-state index in [0.29, 0.717) is 4.11 Å². The molecule has 0 bridgehead atoms. The third-order valence-corrected chi connectivity index (χ3v) is 6.22. The standard InChI is InChI=1S/C7H14NS.CH2.Al/c1-6-3-7(2,8)5-9-4-6;;/h5-6H,3-4,8H2,1-2H3;1H2;/t6?,7-;;/m0../s1. The summed E-state index contributed by atoms with van der Waals surface area (Å²) < 4.78 is 0.652. The van der Waals surface area contributed by atoms with Crippen LogP contribution < -0.4 is 5.73 Å². The summed E-state index contributed by atoms with van der Waals surface area (Å²) >= 11 is 2.31. The van der Waals surface area contributed by atoms with Crippen LogP contribution in [0.25, 0.3) is 0 Å². The van der Waals surface area contributed by atoms with Crippen LogP contribution in [0.5, 0.6) is 0 Å². The Morgan fingerprint density at radius 1 is 1.73 bits per heavy atom. The van der Waals surface area contributed by atoms with E-state index in [1.54, 1.807) is 0 Å². The van der Waals surface area contributed by atoms with Gasteiger partial charge in [0.05, 0.1) is 0 Å². The molecule has 0 aromatic rings. The van der Waals surface area contributed by atoms with E-state index in [1.165, 1.54) is 12.2 Å². The molecule has 1 aliphatic rings. The summed E-state index contributed by atoms with van der Waals surface area (Å²) in [4.78, 5) is 0. The summed E-state index contributed by atoms with van der Waals surface area (Å²) in [5.41, 5.74) is 6.24. The zero-order valence-electron chi connectivity index (χ0n) is 7.34. The molecule has 0 aromatic carbocycles. The van der Waals surface area contributed by atoms with E-state index in [1.807, 2.05) is 11.8 Å². The van der Waals surface area contributed by atoms with Gasteiger partial charge in [0.15, 0.2) is 0 Å². The average molecular weight is 185 g/mol. The molecule has 1 unspecified atom stereocenters. The van der Waals surface area contributed by atoms with E-state index in [4.69, 9.17) is 5.73 Å². The van der Waals surface area contributed by atoms with Crippen molar-refractivity contribution in [1.82, 2.24) is 0 Å². The molecule has 3 atom stereocenters. The maximum absolute atomic E-state index is 6.18. The van der Waals surface area contributed by atoms with Crippen LogP contribution in [0.2, 0.25) is 0 Å². The monoisotopic (exact) mass is 185 g/mol. The van der Waals surface area contributed by atoms with Crippen molar-refractivity contribution in [3.63, 3.8) is 0 Å². The summed E-state index contributed by atoms with van der Waals surface area (Å²) in [6.45, 7) is 4.46. The van der Waals surface area contributed by atoms with E-state index in [0.717, 1.165) is 5.92 Å². The number of rotatable bonds is 1. The van der Waals surface area contributed by atoms with Crippen LogP contribution in [0.1, 0.15) is 20.3 Å². The molecule has 1 aliphatic heterocycles. The molecule has 1 nitrogen and oxygen atoms in total. The predicted molar refractivity (Wildman–Crippen MR) is 55.5 cm³/mol. The van der Waals surface area contributed by atoms with Crippen LogP contribution in [-0.2, 0) is 0 Å². The molecule has 2 N–H and O–H groups in total. The first-order valence-corrected chi connectivity index (χ1v) is 6.62. The van der Waals surface area contributed by atoms with E-state index < -0.39 is 0 Å². The van der Waals surface area contributed by atoms with Gasteiger partial charge in [-0.15, -0.1) is 0 Å². The minimum atomic E-state index is 0.0550. The summed E-state index contributed by atoms with van der Waals surface area (Å²) in [5, 5.41) is 4.01. The van der Waals surface area contributed by atoms with Crippen molar-refractivity contribution in [1.29, 1.82) is 0 Å². The van der Waals surface area contributed by atoms with Crippen molar-refractivity contribution in [3.05, 3.63) is 0 Å². The number of thioether (sulfide) groups is 1. The van der Waals surface area contributed by atoms with Gasteiger partial charge in [0.1, 0.15) is 0 Å². The Bertz CT molecular complexity index is 158. The second-order valence-electron chi connectivity index (χ2n) is 3.80. The molecule has 0 aliphatic carbocycles. The summed E-state index contributed by atoms with van der Waals surface area (Å²) in [7, 11) is 0. The molecule has 1 fully saturated rings. The Balaban J connectivity index is 2.63. The number of hydrogen-bond donors (Lipinski definition) is 1. The fraction of sp³-hybridized carbons (Fsp3) is 0.875. The topological polar surface area (TPSA) is 26.0 Å². The molecular formula is C8H16AlNS. The van der Waals surface area contributed by atoms with Crippen LogP contribution in [0.4, 0.5) is 0 Å². The van der Waals surface area contributed by atoms with Crippen LogP contribution in [0.15, 0.2) is 0 Å². The molecule has 1 rings (SSSR count). The van der Waals surface area contributed by atoms with E-state index >= 15 is 0 Å². The van der Waals surface area contributed by atoms with Gasteiger partial charge in [0, 0.05) is 0 Å². The minimum absolute atomic E-state index is 0.0550. The molecule has 11 heavy (non-hydrogen) atoms. The first-order chi connectivity index (χ1) is 5.06. The number of nitrogens with two attached hydrogens (primary N) is 1. The molecule has 0 radical (unpaired) electrons. The first-order valence-electron chi connectivity index (χ1n) is 4.09. The Hall–Kier alpha value is 0.712. The zero-order chi connectivity index (χ0) is 8.48. The Kier molecular flexibility index (Phi) is 3.22. The summed E-state index contributed by atoms with van der Waals surface area (Å²) in [6.07, 6.45) is 1.17. The van der Waals surface area contributed by atoms with Crippen LogP contribution in [0, 0.1) is 5.92 Å². The van der Waals surface area contributed by atoms with E-state index in [-0.39, 0.29) is 20.3 Å². The van der Waals surface area contributed by atoms with Crippen molar-refractivity contribution >= 4 is 31.9 Å². The summed E-state index contributed by atoms with van der Waals surface area (Å²) in [6, 6.07) is 0. The average Bonchev–Trinajstić information content (AvgIpc) is 1.85. The molecule has 1 saturated heterocycles. The van der Waals surface area contributed by atoms with Gasteiger partial charge >= 0.3 is 79.3 Å². The van der Waals surface area contributed by atoms with Crippen molar-refractivity contribution in [2.75, 3.05) is 5.75 Å². The molecule has 62 valence electrons. The molecule has 0 spiro atoms. The Morgan fingerprint density at radius 3 is 2.82 bits per heavy atom. The van der Waals surface area contributed by atoms with Gasteiger partial charge in [-0.2, -0.15) is 0 Å². The fourth-order valence-electron chi connectivity index (χ4n) is 1.72.